The van der Waals surface area contributed by atoms with E-state index in [4.69, 9.17) is 0 Å². The molecule has 4 rings (SSSR count). The zero-order valence-corrected chi connectivity index (χ0v) is 20.5. The standard InChI is InChI=1S/C25H28F2N4O5/c1-13(2)30-12-25(8-15(9-25)23(35)29(3)4)31-11-17(20(32)21(33)19(31)24(30)36)22(34)28-10-14-5-6-16(26)7-18(14)27/h5-7,11,13,15,33H,8-10,12H2,1-4H3,(H,28,34)/t15-,25-. The Morgan fingerprint density at radius 2 is 1.89 bits per heavy atom. The number of amides is 3. The molecule has 2 N–H and O–H groups in total. The van der Waals surface area contributed by atoms with Crippen molar-refractivity contribution in [3.8, 4) is 5.75 Å². The Labute approximate surface area is 206 Å². The van der Waals surface area contributed by atoms with Crippen LogP contribution >= 0.6 is 0 Å². The lowest BCUT2D eigenvalue weighted by Gasteiger charge is -2.55. The zero-order valence-electron chi connectivity index (χ0n) is 20.5. The third-order valence-corrected chi connectivity index (χ3v) is 6.99. The van der Waals surface area contributed by atoms with Crippen LogP contribution in [-0.2, 0) is 16.9 Å². The molecule has 0 atom stereocenters. The second-order valence-electron chi connectivity index (χ2n) is 9.95. The Bertz CT molecular complexity index is 1310. The van der Waals surface area contributed by atoms with Crippen LogP contribution in [0.4, 0.5) is 8.78 Å². The molecule has 1 aromatic heterocycles. The first-order valence-corrected chi connectivity index (χ1v) is 11.6. The summed E-state index contributed by atoms with van der Waals surface area (Å²) in [6.45, 7) is 3.55. The summed E-state index contributed by atoms with van der Waals surface area (Å²) < 4.78 is 28.6. The number of halogens is 2. The van der Waals surface area contributed by atoms with Crippen LogP contribution in [0.5, 0.6) is 5.75 Å². The molecule has 9 nitrogen and oxygen atoms in total. The van der Waals surface area contributed by atoms with E-state index >= 15 is 0 Å². The maximum absolute atomic E-state index is 14.0. The number of benzene rings is 1. The average molecular weight is 503 g/mol. The second kappa shape index (κ2) is 9.03. The number of rotatable bonds is 5. The molecule has 36 heavy (non-hydrogen) atoms. The van der Waals surface area contributed by atoms with Crippen molar-refractivity contribution in [1.82, 2.24) is 19.7 Å². The highest BCUT2D eigenvalue weighted by molar-refractivity contribution is 5.99. The van der Waals surface area contributed by atoms with Gasteiger partial charge in [-0.25, -0.2) is 8.78 Å². The molecule has 192 valence electrons. The Kier molecular flexibility index (Phi) is 6.36. The van der Waals surface area contributed by atoms with Crippen molar-refractivity contribution < 1.29 is 28.3 Å². The molecular formula is C25H28F2N4O5. The smallest absolute Gasteiger partial charge is 0.274 e. The van der Waals surface area contributed by atoms with Crippen LogP contribution in [0.1, 0.15) is 53.1 Å². The van der Waals surface area contributed by atoms with Gasteiger partial charge in [-0.05, 0) is 32.8 Å². The van der Waals surface area contributed by atoms with E-state index in [2.05, 4.69) is 5.32 Å². The number of aromatic nitrogens is 1. The van der Waals surface area contributed by atoms with Gasteiger partial charge >= 0.3 is 0 Å². The maximum atomic E-state index is 14.0. The van der Waals surface area contributed by atoms with Gasteiger partial charge in [0.15, 0.2) is 11.4 Å². The Hall–Kier alpha value is -3.76. The molecule has 1 aliphatic carbocycles. The minimum atomic E-state index is -1.03. The summed E-state index contributed by atoms with van der Waals surface area (Å²) in [5.74, 6) is -4.29. The summed E-state index contributed by atoms with van der Waals surface area (Å²) in [4.78, 5) is 54.6. The molecule has 0 bridgehead atoms. The molecule has 0 radical (unpaired) electrons. The molecule has 11 heteroatoms. The number of carbonyl (C=O) groups excluding carboxylic acids is 3. The van der Waals surface area contributed by atoms with Gasteiger partial charge in [-0.2, -0.15) is 0 Å². The molecule has 1 saturated carbocycles. The predicted molar refractivity (Wildman–Crippen MR) is 125 cm³/mol. The fourth-order valence-electron chi connectivity index (χ4n) is 5.02. The van der Waals surface area contributed by atoms with Crippen molar-refractivity contribution in [2.24, 2.45) is 5.92 Å². The summed E-state index contributed by atoms with van der Waals surface area (Å²) >= 11 is 0. The molecule has 1 spiro atoms. The highest BCUT2D eigenvalue weighted by atomic mass is 19.1. The highest BCUT2D eigenvalue weighted by Crippen LogP contribution is 2.49. The number of nitrogens with one attached hydrogen (secondary N) is 1. The van der Waals surface area contributed by atoms with E-state index in [1.165, 1.54) is 21.7 Å². The van der Waals surface area contributed by atoms with Crippen LogP contribution in [0.2, 0.25) is 0 Å². The molecule has 1 aliphatic heterocycles. The molecule has 1 fully saturated rings. The van der Waals surface area contributed by atoms with Gasteiger partial charge in [-0.1, -0.05) is 6.07 Å². The van der Waals surface area contributed by atoms with Gasteiger partial charge < -0.3 is 24.8 Å². The lowest BCUT2D eigenvalue weighted by Crippen LogP contribution is -2.63. The van der Waals surface area contributed by atoms with Gasteiger partial charge in [0.25, 0.3) is 11.8 Å². The largest absolute Gasteiger partial charge is 0.503 e. The normalized spacial score (nSPS) is 20.8. The monoisotopic (exact) mass is 502 g/mol. The molecule has 1 aromatic carbocycles. The fraction of sp³-hybridized carbons (Fsp3) is 0.440. The number of carbonyl (C=O) groups is 3. The summed E-state index contributed by atoms with van der Waals surface area (Å²) in [5, 5.41) is 13.2. The van der Waals surface area contributed by atoms with Gasteiger partial charge in [-0.15, -0.1) is 0 Å². The quantitative estimate of drug-likeness (QED) is 0.648. The number of pyridine rings is 1. The van der Waals surface area contributed by atoms with Gasteiger partial charge in [0, 0.05) is 57.0 Å². The van der Waals surface area contributed by atoms with Gasteiger partial charge in [0.2, 0.25) is 11.3 Å². The number of hydrogen-bond acceptors (Lipinski definition) is 5. The van der Waals surface area contributed by atoms with Gasteiger partial charge in [0.05, 0.1) is 5.54 Å². The average Bonchev–Trinajstić information content (AvgIpc) is 2.78. The minimum Gasteiger partial charge on any atom is -0.503 e. The number of hydrogen-bond donors (Lipinski definition) is 2. The molecular weight excluding hydrogens is 474 g/mol. The molecule has 2 heterocycles. The van der Waals surface area contributed by atoms with E-state index in [0.717, 1.165) is 6.07 Å². The SMILES string of the molecule is CC(C)N1C[C@]2(C[C@@H](C(=O)N(C)C)C2)n2cc(C(=O)NCc3ccc(F)cc3F)c(=O)c(O)c2C1=O. The highest BCUT2D eigenvalue weighted by Gasteiger charge is 2.55. The van der Waals surface area contributed by atoms with E-state index in [0.29, 0.717) is 18.9 Å². The lowest BCUT2D eigenvalue weighted by molar-refractivity contribution is -0.141. The van der Waals surface area contributed by atoms with Crippen LogP contribution < -0.4 is 10.7 Å². The Morgan fingerprint density at radius 1 is 1.22 bits per heavy atom. The van der Waals surface area contributed by atoms with Crippen molar-refractivity contribution in [3.05, 3.63) is 63.1 Å². The third kappa shape index (κ3) is 4.12. The van der Waals surface area contributed by atoms with E-state index in [1.807, 2.05) is 13.8 Å². The lowest BCUT2D eigenvalue weighted by atomic mass is 9.65. The molecule has 0 unspecified atom stereocenters. The molecule has 2 aliphatic rings. The van der Waals surface area contributed by atoms with Crippen molar-refractivity contribution in [2.75, 3.05) is 20.6 Å². The maximum Gasteiger partial charge on any atom is 0.274 e. The zero-order chi connectivity index (χ0) is 26.5. The molecule has 0 saturated heterocycles. The number of aromatic hydroxyl groups is 1. The van der Waals surface area contributed by atoms with E-state index in [9.17, 15) is 33.1 Å². The minimum absolute atomic E-state index is 0.00953. The number of fused-ring (bicyclic) bond motifs is 2. The van der Waals surface area contributed by atoms with Crippen molar-refractivity contribution >= 4 is 17.7 Å². The van der Waals surface area contributed by atoms with Gasteiger partial charge in [0.1, 0.15) is 17.2 Å². The van der Waals surface area contributed by atoms with E-state index in [-0.39, 0.29) is 42.2 Å². The molecule has 2 aromatic rings. The Morgan fingerprint density at radius 3 is 2.47 bits per heavy atom. The number of nitrogens with zero attached hydrogens (tertiary/aromatic N) is 3. The fourth-order valence-corrected chi connectivity index (χ4v) is 5.02. The predicted octanol–water partition coefficient (Wildman–Crippen LogP) is 1.82. The van der Waals surface area contributed by atoms with Crippen LogP contribution in [0.15, 0.2) is 29.2 Å². The Balaban J connectivity index is 1.72. The van der Waals surface area contributed by atoms with Crippen LogP contribution in [0.3, 0.4) is 0 Å². The summed E-state index contributed by atoms with van der Waals surface area (Å²) in [6, 6.07) is 2.67. The van der Waals surface area contributed by atoms with Crippen molar-refractivity contribution in [2.45, 2.75) is 44.8 Å². The summed E-state index contributed by atoms with van der Waals surface area (Å²) in [6.07, 6.45) is 1.95. The van der Waals surface area contributed by atoms with Crippen molar-refractivity contribution in [1.29, 1.82) is 0 Å². The molecule has 3 amide bonds. The third-order valence-electron chi connectivity index (χ3n) is 6.99. The van der Waals surface area contributed by atoms with Crippen molar-refractivity contribution in [3.63, 3.8) is 0 Å². The van der Waals surface area contributed by atoms with Crippen LogP contribution in [-0.4, -0.2) is 63.9 Å². The van der Waals surface area contributed by atoms with E-state index < -0.39 is 45.7 Å². The van der Waals surface area contributed by atoms with E-state index in [1.54, 1.807) is 19.0 Å². The van der Waals surface area contributed by atoms with Crippen LogP contribution in [0.25, 0.3) is 0 Å². The first-order valence-electron chi connectivity index (χ1n) is 11.6. The summed E-state index contributed by atoms with van der Waals surface area (Å²) in [5.41, 5.74) is -2.46. The van der Waals surface area contributed by atoms with Gasteiger partial charge in [-0.3, -0.25) is 19.2 Å². The second-order valence-corrected chi connectivity index (χ2v) is 9.95. The summed E-state index contributed by atoms with van der Waals surface area (Å²) in [7, 11) is 3.31. The first-order chi connectivity index (χ1) is 16.9. The topological polar surface area (TPSA) is 112 Å². The first kappa shape index (κ1) is 25.3. The van der Waals surface area contributed by atoms with Crippen LogP contribution in [0, 0.1) is 17.6 Å².